The molecule has 0 heterocycles. The van der Waals surface area contributed by atoms with Crippen LogP contribution in [0.4, 0.5) is 0 Å². The third-order valence-electron chi connectivity index (χ3n) is 2.70. The standard InChI is InChI=1S/C14H18Br2N2O2/c1-4-11(5-2)17-18-13(19)8-20-14-9(3)6-10(15)7-12(14)16/h6-7H,4-5,8H2,1-3H3,(H,18,19). The molecular formula is C14H18Br2N2O2. The van der Waals surface area contributed by atoms with Crippen molar-refractivity contribution in [2.24, 2.45) is 5.10 Å². The zero-order valence-corrected chi connectivity index (χ0v) is 15.0. The second kappa shape index (κ2) is 8.42. The average molecular weight is 406 g/mol. The van der Waals surface area contributed by atoms with Crippen LogP contribution in [0, 0.1) is 6.92 Å². The molecule has 0 bridgehead atoms. The maximum Gasteiger partial charge on any atom is 0.277 e. The number of nitrogens with zero attached hydrogens (tertiary/aromatic N) is 1. The largest absolute Gasteiger partial charge is 0.482 e. The second-order valence-electron chi connectivity index (χ2n) is 4.24. The van der Waals surface area contributed by atoms with Crippen LogP contribution in [0.5, 0.6) is 5.75 Å². The molecule has 1 amide bonds. The van der Waals surface area contributed by atoms with Crippen molar-refractivity contribution in [2.45, 2.75) is 33.6 Å². The highest BCUT2D eigenvalue weighted by atomic mass is 79.9. The number of hydrazone groups is 1. The summed E-state index contributed by atoms with van der Waals surface area (Å²) in [5.74, 6) is 0.400. The summed E-state index contributed by atoms with van der Waals surface area (Å²) in [7, 11) is 0. The van der Waals surface area contributed by atoms with Gasteiger partial charge >= 0.3 is 0 Å². The summed E-state index contributed by atoms with van der Waals surface area (Å²) >= 11 is 6.82. The van der Waals surface area contributed by atoms with Crippen molar-refractivity contribution in [3.63, 3.8) is 0 Å². The number of ether oxygens (including phenoxy) is 1. The van der Waals surface area contributed by atoms with Gasteiger partial charge in [-0.05, 0) is 53.4 Å². The van der Waals surface area contributed by atoms with Gasteiger partial charge in [0.1, 0.15) is 5.75 Å². The Hall–Kier alpha value is -0.880. The van der Waals surface area contributed by atoms with Crippen LogP contribution in [-0.4, -0.2) is 18.2 Å². The Balaban J connectivity index is 2.60. The van der Waals surface area contributed by atoms with Gasteiger partial charge in [-0.3, -0.25) is 4.79 Å². The van der Waals surface area contributed by atoms with Crippen LogP contribution >= 0.6 is 31.9 Å². The Bertz CT molecular complexity index is 487. The molecule has 0 fully saturated rings. The number of amides is 1. The van der Waals surface area contributed by atoms with E-state index in [2.05, 4.69) is 42.4 Å². The monoisotopic (exact) mass is 404 g/mol. The minimum atomic E-state index is -0.265. The highest BCUT2D eigenvalue weighted by Crippen LogP contribution is 2.32. The molecule has 1 aromatic carbocycles. The van der Waals surface area contributed by atoms with E-state index in [1.54, 1.807) is 0 Å². The lowest BCUT2D eigenvalue weighted by Crippen LogP contribution is -2.26. The van der Waals surface area contributed by atoms with Crippen LogP contribution < -0.4 is 10.2 Å². The molecule has 0 spiro atoms. The van der Waals surface area contributed by atoms with Gasteiger partial charge in [0.25, 0.3) is 5.91 Å². The second-order valence-corrected chi connectivity index (χ2v) is 6.01. The Morgan fingerprint density at radius 1 is 1.30 bits per heavy atom. The Morgan fingerprint density at radius 2 is 1.95 bits per heavy atom. The van der Waals surface area contributed by atoms with Gasteiger partial charge in [-0.2, -0.15) is 5.10 Å². The molecule has 1 rings (SSSR count). The summed E-state index contributed by atoms with van der Waals surface area (Å²) in [6.45, 7) is 5.87. The van der Waals surface area contributed by atoms with E-state index in [0.29, 0.717) is 5.75 Å². The number of benzene rings is 1. The normalized spacial score (nSPS) is 10.1. The van der Waals surface area contributed by atoms with Gasteiger partial charge in [0, 0.05) is 10.2 Å². The van der Waals surface area contributed by atoms with Crippen molar-refractivity contribution < 1.29 is 9.53 Å². The van der Waals surface area contributed by atoms with Gasteiger partial charge < -0.3 is 4.74 Å². The first-order chi connectivity index (χ1) is 9.47. The Labute approximate surface area is 136 Å². The van der Waals surface area contributed by atoms with E-state index in [-0.39, 0.29) is 12.5 Å². The Morgan fingerprint density at radius 3 is 2.50 bits per heavy atom. The molecule has 0 aromatic heterocycles. The van der Waals surface area contributed by atoms with Crippen molar-refractivity contribution in [2.75, 3.05) is 6.61 Å². The van der Waals surface area contributed by atoms with E-state index in [1.807, 2.05) is 32.9 Å². The molecule has 0 unspecified atom stereocenters. The van der Waals surface area contributed by atoms with E-state index in [9.17, 15) is 4.79 Å². The number of nitrogens with one attached hydrogen (secondary N) is 1. The van der Waals surface area contributed by atoms with Gasteiger partial charge in [0.05, 0.1) is 4.47 Å². The van der Waals surface area contributed by atoms with Crippen LogP contribution in [0.2, 0.25) is 0 Å². The SMILES string of the molecule is CCC(CC)=NNC(=O)COc1c(C)cc(Br)cc1Br. The topological polar surface area (TPSA) is 50.7 Å². The molecule has 20 heavy (non-hydrogen) atoms. The number of carbonyl (C=O) groups is 1. The lowest BCUT2D eigenvalue weighted by Gasteiger charge is -2.11. The highest BCUT2D eigenvalue weighted by Gasteiger charge is 2.09. The van der Waals surface area contributed by atoms with Gasteiger partial charge in [-0.25, -0.2) is 5.43 Å². The number of aryl methyl sites for hydroxylation is 1. The fourth-order valence-electron chi connectivity index (χ4n) is 1.59. The average Bonchev–Trinajstić information content (AvgIpc) is 2.38. The number of hydrogen-bond acceptors (Lipinski definition) is 3. The zero-order chi connectivity index (χ0) is 15.1. The number of rotatable bonds is 6. The molecule has 0 radical (unpaired) electrons. The van der Waals surface area contributed by atoms with Gasteiger partial charge in [0.2, 0.25) is 0 Å². The third kappa shape index (κ3) is 5.25. The van der Waals surface area contributed by atoms with Crippen molar-refractivity contribution >= 4 is 43.5 Å². The van der Waals surface area contributed by atoms with Crippen molar-refractivity contribution in [1.82, 2.24) is 5.43 Å². The van der Waals surface area contributed by atoms with Crippen molar-refractivity contribution in [3.05, 3.63) is 26.6 Å². The van der Waals surface area contributed by atoms with Crippen LogP contribution in [0.3, 0.4) is 0 Å². The number of carbonyl (C=O) groups excluding carboxylic acids is 1. The minimum Gasteiger partial charge on any atom is -0.482 e. The minimum absolute atomic E-state index is 0.0642. The molecule has 0 aliphatic carbocycles. The van der Waals surface area contributed by atoms with Gasteiger partial charge in [-0.15, -0.1) is 0 Å². The third-order valence-corrected chi connectivity index (χ3v) is 3.74. The maximum absolute atomic E-state index is 11.7. The molecule has 0 aliphatic heterocycles. The smallest absolute Gasteiger partial charge is 0.277 e. The lowest BCUT2D eigenvalue weighted by molar-refractivity contribution is -0.123. The molecule has 6 heteroatoms. The summed E-state index contributed by atoms with van der Waals surface area (Å²) in [6, 6.07) is 3.81. The number of halogens is 2. The molecular weight excluding hydrogens is 388 g/mol. The predicted octanol–water partition coefficient (Wildman–Crippen LogP) is 4.19. The fourth-order valence-corrected chi connectivity index (χ4v) is 3.14. The van der Waals surface area contributed by atoms with Gasteiger partial charge in [-0.1, -0.05) is 29.8 Å². The summed E-state index contributed by atoms with van der Waals surface area (Å²) in [5, 5.41) is 4.05. The van der Waals surface area contributed by atoms with Crippen LogP contribution in [-0.2, 0) is 4.79 Å². The van der Waals surface area contributed by atoms with Crippen LogP contribution in [0.15, 0.2) is 26.2 Å². The first-order valence-corrected chi connectivity index (χ1v) is 7.99. The maximum atomic E-state index is 11.7. The molecule has 1 aromatic rings. The van der Waals surface area contributed by atoms with E-state index in [4.69, 9.17) is 4.74 Å². The number of hydrogen-bond donors (Lipinski definition) is 1. The molecule has 0 aliphatic rings. The molecule has 110 valence electrons. The summed E-state index contributed by atoms with van der Waals surface area (Å²) in [5.41, 5.74) is 4.41. The van der Waals surface area contributed by atoms with E-state index < -0.39 is 0 Å². The van der Waals surface area contributed by atoms with Crippen molar-refractivity contribution in [1.29, 1.82) is 0 Å². The van der Waals surface area contributed by atoms with Crippen molar-refractivity contribution in [3.8, 4) is 5.75 Å². The molecule has 1 N–H and O–H groups in total. The Kier molecular flexibility index (Phi) is 7.23. The summed E-state index contributed by atoms with van der Waals surface area (Å²) in [6.07, 6.45) is 1.66. The lowest BCUT2D eigenvalue weighted by atomic mass is 10.2. The molecule has 0 saturated heterocycles. The highest BCUT2D eigenvalue weighted by molar-refractivity contribution is 9.11. The quantitative estimate of drug-likeness (QED) is 0.569. The molecule has 4 nitrogen and oxygen atoms in total. The van der Waals surface area contributed by atoms with E-state index >= 15 is 0 Å². The first-order valence-electron chi connectivity index (χ1n) is 6.40. The van der Waals surface area contributed by atoms with Crippen LogP contribution in [0.25, 0.3) is 0 Å². The van der Waals surface area contributed by atoms with Crippen LogP contribution in [0.1, 0.15) is 32.3 Å². The van der Waals surface area contributed by atoms with E-state index in [1.165, 1.54) is 0 Å². The molecule has 0 saturated carbocycles. The predicted molar refractivity (Wildman–Crippen MR) is 88.2 cm³/mol. The van der Waals surface area contributed by atoms with E-state index in [0.717, 1.165) is 33.1 Å². The fraction of sp³-hybridized carbons (Fsp3) is 0.429. The molecule has 0 atom stereocenters. The zero-order valence-electron chi connectivity index (χ0n) is 11.8. The first kappa shape index (κ1) is 17.2. The van der Waals surface area contributed by atoms with Gasteiger partial charge in [0.15, 0.2) is 6.61 Å². The summed E-state index contributed by atoms with van der Waals surface area (Å²) < 4.78 is 7.30. The summed E-state index contributed by atoms with van der Waals surface area (Å²) in [4.78, 5) is 11.7.